The molecule has 0 fully saturated rings. The van der Waals surface area contributed by atoms with Crippen LogP contribution in [0.4, 0.5) is 0 Å². The van der Waals surface area contributed by atoms with Gasteiger partial charge in [0.05, 0.1) is 7.11 Å². The summed E-state index contributed by atoms with van der Waals surface area (Å²) in [6, 6.07) is 11.1. The summed E-state index contributed by atoms with van der Waals surface area (Å²) in [5, 5.41) is 7.85. The van der Waals surface area contributed by atoms with E-state index in [1.54, 1.807) is 42.7 Å². The number of ether oxygens (including phenoxy) is 1. The third-order valence-electron chi connectivity index (χ3n) is 3.27. The summed E-state index contributed by atoms with van der Waals surface area (Å²) >= 11 is 1.71. The standard InChI is InChI=1S/C17H22N4O2S.HI/c1-23-14-5-2-4-13(12-14)16(22)19-9-10-21-17(18)20-8-7-15-6-3-11-24-15;/h2-6,11-12H,7-10H2,1H3,(H,19,22)(H3,18,20,21);1H. The number of carbonyl (C=O) groups excluding carboxylic acids is 1. The first kappa shape index (κ1) is 21.2. The maximum Gasteiger partial charge on any atom is 0.251 e. The van der Waals surface area contributed by atoms with Gasteiger partial charge in [-0.25, -0.2) is 0 Å². The van der Waals surface area contributed by atoms with Crippen molar-refractivity contribution in [3.05, 3.63) is 52.2 Å². The molecule has 136 valence electrons. The number of halogens is 1. The minimum atomic E-state index is -0.149. The molecule has 6 nitrogen and oxygen atoms in total. The fraction of sp³-hybridized carbons (Fsp3) is 0.294. The molecular formula is C17H23IN4O2S. The minimum absolute atomic E-state index is 0. The summed E-state index contributed by atoms with van der Waals surface area (Å²) in [6.45, 7) is 1.62. The van der Waals surface area contributed by atoms with Gasteiger partial charge < -0.3 is 21.1 Å². The van der Waals surface area contributed by atoms with Gasteiger partial charge in [0.2, 0.25) is 0 Å². The zero-order chi connectivity index (χ0) is 17.2. The van der Waals surface area contributed by atoms with Gasteiger partial charge in [-0.05, 0) is 29.6 Å². The predicted molar refractivity (Wildman–Crippen MR) is 113 cm³/mol. The van der Waals surface area contributed by atoms with Crippen LogP contribution in [0.15, 0.2) is 46.8 Å². The molecule has 0 saturated heterocycles. The van der Waals surface area contributed by atoms with Crippen LogP contribution in [0, 0.1) is 0 Å². The van der Waals surface area contributed by atoms with Gasteiger partial charge in [0, 0.05) is 36.5 Å². The third-order valence-corrected chi connectivity index (χ3v) is 4.21. The Morgan fingerprint density at radius 2 is 2.04 bits per heavy atom. The molecule has 0 aliphatic carbocycles. The number of aliphatic imine (C=N–C) groups is 1. The van der Waals surface area contributed by atoms with E-state index in [1.807, 2.05) is 11.4 Å². The molecule has 1 aromatic heterocycles. The molecule has 0 radical (unpaired) electrons. The Kier molecular flexibility index (Phi) is 9.93. The first-order valence-electron chi connectivity index (χ1n) is 7.67. The lowest BCUT2D eigenvalue weighted by Crippen LogP contribution is -2.38. The van der Waals surface area contributed by atoms with Crippen molar-refractivity contribution in [1.29, 1.82) is 0 Å². The Bertz CT molecular complexity index is 677. The molecule has 0 aliphatic rings. The van der Waals surface area contributed by atoms with Crippen molar-refractivity contribution in [3.63, 3.8) is 0 Å². The number of amides is 1. The number of carbonyl (C=O) groups is 1. The van der Waals surface area contributed by atoms with Crippen molar-refractivity contribution in [2.45, 2.75) is 6.42 Å². The van der Waals surface area contributed by atoms with Crippen LogP contribution in [-0.2, 0) is 6.42 Å². The minimum Gasteiger partial charge on any atom is -0.497 e. The van der Waals surface area contributed by atoms with Gasteiger partial charge >= 0.3 is 0 Å². The number of nitrogens with one attached hydrogen (secondary N) is 2. The number of guanidine groups is 1. The molecule has 0 atom stereocenters. The van der Waals surface area contributed by atoms with Crippen molar-refractivity contribution in [3.8, 4) is 5.75 Å². The lowest BCUT2D eigenvalue weighted by molar-refractivity contribution is 0.0954. The predicted octanol–water partition coefficient (Wildman–Crippen LogP) is 2.25. The number of methoxy groups -OCH3 is 1. The van der Waals surface area contributed by atoms with Crippen LogP contribution in [0.5, 0.6) is 5.75 Å². The van der Waals surface area contributed by atoms with E-state index in [1.165, 1.54) is 4.88 Å². The quantitative estimate of drug-likeness (QED) is 0.237. The second-order valence-electron chi connectivity index (χ2n) is 5.01. The lowest BCUT2D eigenvalue weighted by Gasteiger charge is -2.08. The van der Waals surface area contributed by atoms with Gasteiger partial charge in [-0.1, -0.05) is 12.1 Å². The lowest BCUT2D eigenvalue weighted by atomic mass is 10.2. The number of nitrogens with two attached hydrogens (primary N) is 1. The Hall–Kier alpha value is -1.81. The summed E-state index contributed by atoms with van der Waals surface area (Å²) in [7, 11) is 1.57. The summed E-state index contributed by atoms with van der Waals surface area (Å²) in [6.07, 6.45) is 0.882. The Morgan fingerprint density at radius 3 is 2.76 bits per heavy atom. The fourth-order valence-electron chi connectivity index (χ4n) is 2.03. The Balaban J connectivity index is 0.00000312. The highest BCUT2D eigenvalue weighted by atomic mass is 127. The molecule has 4 N–H and O–H groups in total. The molecule has 0 unspecified atom stereocenters. The first-order chi connectivity index (χ1) is 11.7. The highest BCUT2D eigenvalue weighted by molar-refractivity contribution is 14.0. The van der Waals surface area contributed by atoms with E-state index in [-0.39, 0.29) is 29.9 Å². The molecular weight excluding hydrogens is 451 g/mol. The van der Waals surface area contributed by atoms with E-state index in [9.17, 15) is 4.79 Å². The van der Waals surface area contributed by atoms with E-state index < -0.39 is 0 Å². The van der Waals surface area contributed by atoms with Crippen molar-refractivity contribution < 1.29 is 9.53 Å². The van der Waals surface area contributed by atoms with Gasteiger partial charge in [-0.2, -0.15) is 0 Å². The maximum atomic E-state index is 12.0. The molecule has 0 bridgehead atoms. The second kappa shape index (κ2) is 11.7. The summed E-state index contributed by atoms with van der Waals surface area (Å²) < 4.78 is 5.10. The van der Waals surface area contributed by atoms with Gasteiger partial charge in [0.1, 0.15) is 5.75 Å². The number of nitrogens with zero attached hydrogens (tertiary/aromatic N) is 1. The summed E-state index contributed by atoms with van der Waals surface area (Å²) in [5.41, 5.74) is 6.35. The Labute approximate surface area is 168 Å². The molecule has 0 saturated carbocycles. The number of thiophene rings is 1. The van der Waals surface area contributed by atoms with Crippen LogP contribution >= 0.6 is 35.3 Å². The van der Waals surface area contributed by atoms with Gasteiger partial charge in [0.15, 0.2) is 5.96 Å². The molecule has 1 aromatic carbocycles. The van der Waals surface area contributed by atoms with Gasteiger partial charge in [0.25, 0.3) is 5.91 Å². The van der Waals surface area contributed by atoms with Crippen LogP contribution in [0.3, 0.4) is 0 Å². The highest BCUT2D eigenvalue weighted by Crippen LogP contribution is 2.12. The monoisotopic (exact) mass is 474 g/mol. The zero-order valence-corrected chi connectivity index (χ0v) is 17.2. The van der Waals surface area contributed by atoms with Crippen molar-refractivity contribution in [2.24, 2.45) is 10.7 Å². The maximum absolute atomic E-state index is 12.0. The third kappa shape index (κ3) is 7.74. The number of rotatable bonds is 8. The van der Waals surface area contributed by atoms with Crippen molar-refractivity contribution in [1.82, 2.24) is 10.6 Å². The highest BCUT2D eigenvalue weighted by Gasteiger charge is 2.05. The number of hydrogen-bond acceptors (Lipinski definition) is 4. The molecule has 2 aromatic rings. The number of benzene rings is 1. The van der Waals surface area contributed by atoms with Crippen LogP contribution in [-0.4, -0.2) is 38.6 Å². The average Bonchev–Trinajstić information content (AvgIpc) is 3.12. The second-order valence-corrected chi connectivity index (χ2v) is 6.04. The normalized spacial score (nSPS) is 10.7. The summed E-state index contributed by atoms with van der Waals surface area (Å²) in [5.74, 6) is 0.897. The van der Waals surface area contributed by atoms with E-state index >= 15 is 0 Å². The SMILES string of the molecule is COc1cccc(C(=O)NCCNC(N)=NCCc2cccs2)c1.I. The molecule has 1 amide bonds. The molecule has 1 heterocycles. The fourth-order valence-corrected chi connectivity index (χ4v) is 2.73. The van der Waals surface area contributed by atoms with Crippen LogP contribution in [0.2, 0.25) is 0 Å². The van der Waals surface area contributed by atoms with Crippen molar-refractivity contribution >= 4 is 47.2 Å². The van der Waals surface area contributed by atoms with Crippen molar-refractivity contribution in [2.75, 3.05) is 26.7 Å². The molecule has 8 heteroatoms. The van der Waals surface area contributed by atoms with E-state index in [4.69, 9.17) is 10.5 Å². The van der Waals surface area contributed by atoms with E-state index in [2.05, 4.69) is 21.7 Å². The molecule has 2 rings (SSSR count). The summed E-state index contributed by atoms with van der Waals surface area (Å²) in [4.78, 5) is 17.6. The van der Waals surface area contributed by atoms with Crippen LogP contribution in [0.1, 0.15) is 15.2 Å². The van der Waals surface area contributed by atoms with E-state index in [0.29, 0.717) is 36.9 Å². The zero-order valence-electron chi connectivity index (χ0n) is 14.0. The number of hydrogen-bond donors (Lipinski definition) is 3. The molecule has 25 heavy (non-hydrogen) atoms. The topological polar surface area (TPSA) is 88.7 Å². The Morgan fingerprint density at radius 1 is 1.24 bits per heavy atom. The van der Waals surface area contributed by atoms with Gasteiger partial charge in [-0.15, -0.1) is 35.3 Å². The smallest absolute Gasteiger partial charge is 0.251 e. The van der Waals surface area contributed by atoms with Gasteiger partial charge in [-0.3, -0.25) is 9.79 Å². The first-order valence-corrected chi connectivity index (χ1v) is 8.55. The molecule has 0 spiro atoms. The average molecular weight is 474 g/mol. The van der Waals surface area contributed by atoms with Crippen LogP contribution < -0.4 is 21.1 Å². The molecule has 0 aliphatic heterocycles. The largest absolute Gasteiger partial charge is 0.497 e. The van der Waals surface area contributed by atoms with E-state index in [0.717, 1.165) is 6.42 Å². The van der Waals surface area contributed by atoms with Crippen LogP contribution in [0.25, 0.3) is 0 Å².